The quantitative estimate of drug-likeness (QED) is 0.453. The van der Waals surface area contributed by atoms with Crippen LogP contribution in [0.2, 0.25) is 0 Å². The van der Waals surface area contributed by atoms with Gasteiger partial charge in [-0.3, -0.25) is 0 Å². The average molecular weight is 234 g/mol. The molecule has 0 aromatic heterocycles. The smallest absolute Gasteiger partial charge is 0.00418 e. The van der Waals surface area contributed by atoms with E-state index in [9.17, 15) is 0 Å². The second-order valence-electron chi connectivity index (χ2n) is 4.35. The minimum Gasteiger partial charge on any atom is -0.179 e. The fourth-order valence-corrected chi connectivity index (χ4v) is 2.78. The van der Waals surface area contributed by atoms with Crippen molar-refractivity contribution in [1.82, 2.24) is 0 Å². The van der Waals surface area contributed by atoms with Gasteiger partial charge in [0.1, 0.15) is 0 Å². The molecule has 0 nitrogen and oxygen atoms in total. The molecule has 2 atom stereocenters. The highest BCUT2D eigenvalue weighted by atomic mass is 32.2. The Morgan fingerprint density at radius 2 is 1.86 bits per heavy atom. The Morgan fingerprint density at radius 3 is 2.43 bits per heavy atom. The molecular weight excluding hydrogens is 208 g/mol. The molecule has 0 aromatic rings. The lowest BCUT2D eigenvalue weighted by atomic mass is 10.1. The van der Waals surface area contributed by atoms with Crippen LogP contribution in [-0.2, 0) is 0 Å². The van der Waals surface area contributed by atoms with Crippen LogP contribution in [0.5, 0.6) is 0 Å². The van der Waals surface area contributed by atoms with Crippen molar-refractivity contribution >= 4 is 24.4 Å². The summed E-state index contributed by atoms with van der Waals surface area (Å²) in [6.45, 7) is 7.00. The lowest BCUT2D eigenvalue weighted by molar-refractivity contribution is 0.547. The third-order valence-corrected chi connectivity index (χ3v) is 4.35. The highest BCUT2D eigenvalue weighted by molar-refractivity contribution is 7.99. The molecule has 0 radical (unpaired) electrons. The lowest BCUT2D eigenvalue weighted by Crippen LogP contribution is -2.01. The molecule has 0 amide bonds. The van der Waals surface area contributed by atoms with E-state index < -0.39 is 0 Å². The second-order valence-corrected chi connectivity index (χ2v) is 5.95. The van der Waals surface area contributed by atoms with E-state index in [1.165, 1.54) is 37.2 Å². The fourth-order valence-electron chi connectivity index (χ4n) is 1.30. The van der Waals surface area contributed by atoms with Crippen molar-refractivity contribution in [3.63, 3.8) is 0 Å². The van der Waals surface area contributed by atoms with Crippen molar-refractivity contribution in [2.75, 3.05) is 17.3 Å². The predicted octanol–water partition coefficient (Wildman–Crippen LogP) is 4.50. The molecule has 2 unspecified atom stereocenters. The average Bonchev–Trinajstić information content (AvgIpc) is 2.21. The summed E-state index contributed by atoms with van der Waals surface area (Å²) in [6.07, 6.45) is 5.34. The number of thiol groups is 1. The summed E-state index contributed by atoms with van der Waals surface area (Å²) in [5.74, 6) is 5.52. The van der Waals surface area contributed by atoms with E-state index in [-0.39, 0.29) is 0 Å². The van der Waals surface area contributed by atoms with Crippen LogP contribution in [0.3, 0.4) is 0 Å². The fraction of sp³-hybridized carbons (Fsp3) is 1.00. The van der Waals surface area contributed by atoms with E-state index in [0.717, 1.165) is 17.6 Å². The first kappa shape index (κ1) is 14.7. The molecule has 0 N–H and O–H groups in total. The van der Waals surface area contributed by atoms with Crippen LogP contribution in [0.15, 0.2) is 0 Å². The molecule has 0 saturated heterocycles. The van der Waals surface area contributed by atoms with Gasteiger partial charge >= 0.3 is 0 Å². The summed E-state index contributed by atoms with van der Waals surface area (Å²) in [4.78, 5) is 0. The van der Waals surface area contributed by atoms with E-state index >= 15 is 0 Å². The first-order valence-electron chi connectivity index (χ1n) is 5.89. The Hall–Kier alpha value is 0.700. The SMILES string of the molecule is CCC(C)CCSCC(C)CCCS. The van der Waals surface area contributed by atoms with E-state index in [1.807, 2.05) is 0 Å². The normalized spacial score (nSPS) is 15.4. The van der Waals surface area contributed by atoms with Crippen molar-refractivity contribution in [3.05, 3.63) is 0 Å². The maximum absolute atomic E-state index is 4.24. The Balaban J connectivity index is 3.18. The van der Waals surface area contributed by atoms with Crippen LogP contribution in [0.1, 0.15) is 46.5 Å². The molecule has 14 heavy (non-hydrogen) atoms. The summed E-state index contributed by atoms with van der Waals surface area (Å²) in [5, 5.41) is 0. The van der Waals surface area contributed by atoms with Crippen LogP contribution in [0.25, 0.3) is 0 Å². The summed E-state index contributed by atoms with van der Waals surface area (Å²) in [5.41, 5.74) is 0. The molecule has 0 aromatic carbocycles. The van der Waals surface area contributed by atoms with Crippen molar-refractivity contribution < 1.29 is 0 Å². The van der Waals surface area contributed by atoms with Gasteiger partial charge in [-0.25, -0.2) is 0 Å². The minimum atomic E-state index is 0.879. The zero-order valence-corrected chi connectivity index (χ0v) is 11.7. The molecule has 0 saturated carbocycles. The molecule has 0 aliphatic heterocycles. The molecule has 0 bridgehead atoms. The monoisotopic (exact) mass is 234 g/mol. The highest BCUT2D eigenvalue weighted by Crippen LogP contribution is 2.17. The van der Waals surface area contributed by atoms with Gasteiger partial charge in [0.2, 0.25) is 0 Å². The van der Waals surface area contributed by atoms with Crippen LogP contribution < -0.4 is 0 Å². The van der Waals surface area contributed by atoms with Crippen molar-refractivity contribution in [2.45, 2.75) is 46.5 Å². The largest absolute Gasteiger partial charge is 0.179 e. The predicted molar refractivity (Wildman–Crippen MR) is 73.6 cm³/mol. The molecule has 0 aliphatic rings. The van der Waals surface area contributed by atoms with Crippen LogP contribution in [-0.4, -0.2) is 17.3 Å². The molecule has 2 heteroatoms. The Morgan fingerprint density at radius 1 is 1.14 bits per heavy atom. The zero-order valence-electron chi connectivity index (χ0n) is 9.96. The Kier molecular flexibility index (Phi) is 10.7. The molecule has 0 fully saturated rings. The minimum absolute atomic E-state index is 0.879. The molecule has 0 rings (SSSR count). The number of hydrogen-bond acceptors (Lipinski definition) is 2. The van der Waals surface area contributed by atoms with Gasteiger partial charge < -0.3 is 0 Å². The van der Waals surface area contributed by atoms with E-state index in [1.54, 1.807) is 0 Å². The molecule has 86 valence electrons. The lowest BCUT2D eigenvalue weighted by Gasteiger charge is -2.11. The second kappa shape index (κ2) is 10.2. The van der Waals surface area contributed by atoms with E-state index in [2.05, 4.69) is 45.2 Å². The van der Waals surface area contributed by atoms with Gasteiger partial charge in [-0.15, -0.1) is 0 Å². The van der Waals surface area contributed by atoms with Crippen LogP contribution >= 0.6 is 24.4 Å². The van der Waals surface area contributed by atoms with Gasteiger partial charge in [-0.1, -0.05) is 27.2 Å². The maximum Gasteiger partial charge on any atom is -0.00418 e. The molecule has 0 spiro atoms. The number of thioether (sulfide) groups is 1. The number of hydrogen-bond donors (Lipinski definition) is 1. The first-order valence-corrected chi connectivity index (χ1v) is 7.68. The first-order chi connectivity index (χ1) is 6.70. The van der Waals surface area contributed by atoms with Crippen LogP contribution in [0.4, 0.5) is 0 Å². The van der Waals surface area contributed by atoms with E-state index in [0.29, 0.717) is 0 Å². The van der Waals surface area contributed by atoms with Crippen molar-refractivity contribution in [3.8, 4) is 0 Å². The highest BCUT2D eigenvalue weighted by Gasteiger charge is 2.03. The zero-order chi connectivity index (χ0) is 10.8. The Labute approximate surface area is 100 Å². The van der Waals surface area contributed by atoms with Gasteiger partial charge in [0.25, 0.3) is 0 Å². The molecular formula is C12H26S2. The number of rotatable bonds is 9. The maximum atomic E-state index is 4.24. The third kappa shape index (κ3) is 9.26. The van der Waals surface area contributed by atoms with Gasteiger partial charge in [0, 0.05) is 0 Å². The molecule has 0 aliphatic carbocycles. The Bertz CT molecular complexity index is 115. The molecule has 0 heterocycles. The van der Waals surface area contributed by atoms with Gasteiger partial charge in [0.15, 0.2) is 0 Å². The van der Waals surface area contributed by atoms with Crippen LogP contribution in [0, 0.1) is 11.8 Å². The van der Waals surface area contributed by atoms with Gasteiger partial charge in [0.05, 0.1) is 0 Å². The summed E-state index contributed by atoms with van der Waals surface area (Å²) < 4.78 is 0. The summed E-state index contributed by atoms with van der Waals surface area (Å²) in [6, 6.07) is 0. The van der Waals surface area contributed by atoms with Crippen molar-refractivity contribution in [1.29, 1.82) is 0 Å². The van der Waals surface area contributed by atoms with Crippen molar-refractivity contribution in [2.24, 2.45) is 11.8 Å². The standard InChI is InChI=1S/C12H26S2/c1-4-11(2)7-9-14-10-12(3)6-5-8-13/h11-13H,4-10H2,1-3H3. The van der Waals surface area contributed by atoms with E-state index in [4.69, 9.17) is 0 Å². The topological polar surface area (TPSA) is 0 Å². The van der Waals surface area contributed by atoms with Gasteiger partial charge in [-0.05, 0) is 48.4 Å². The summed E-state index contributed by atoms with van der Waals surface area (Å²) in [7, 11) is 0. The van der Waals surface area contributed by atoms with Gasteiger partial charge in [-0.2, -0.15) is 24.4 Å². The summed E-state index contributed by atoms with van der Waals surface area (Å²) >= 11 is 6.37. The third-order valence-electron chi connectivity index (χ3n) is 2.71.